The first-order valence-electron chi connectivity index (χ1n) is 5.71. The molecule has 0 fully saturated rings. The van der Waals surface area contributed by atoms with Gasteiger partial charge in [0.1, 0.15) is 0 Å². The fourth-order valence-electron chi connectivity index (χ4n) is 2.73. The first-order chi connectivity index (χ1) is 6.95. The van der Waals surface area contributed by atoms with E-state index in [0.717, 1.165) is 6.42 Å². The molecule has 0 N–H and O–H groups in total. The zero-order valence-corrected chi connectivity index (χ0v) is 13.7. The van der Waals surface area contributed by atoms with Crippen LogP contribution in [-0.2, 0) is 32.6 Å². The summed E-state index contributed by atoms with van der Waals surface area (Å²) in [5.74, 6) is 0. The molecule has 84 valence electrons. The average Bonchev–Trinajstić information content (AvgIpc) is 2.50. The summed E-state index contributed by atoms with van der Waals surface area (Å²) < 4.78 is 0. The van der Waals surface area contributed by atoms with Crippen molar-refractivity contribution in [3.63, 3.8) is 0 Å². The summed E-state index contributed by atoms with van der Waals surface area (Å²) in [4.78, 5) is 0. The maximum Gasteiger partial charge on any atom is 0 e. The molecule has 0 bridgehead atoms. The van der Waals surface area contributed by atoms with Gasteiger partial charge in [-0.1, -0.05) is 5.57 Å². The van der Waals surface area contributed by atoms with Crippen LogP contribution in [0.3, 0.4) is 0 Å². The SMILES string of the molecule is CC1=C(C)c2c(C)c(C)c(C)c(C)c2C1.[Zr]. The Morgan fingerprint density at radius 3 is 1.75 bits per heavy atom. The van der Waals surface area contributed by atoms with Crippen molar-refractivity contribution in [2.24, 2.45) is 0 Å². The van der Waals surface area contributed by atoms with E-state index in [4.69, 9.17) is 0 Å². The molecular formula is C15H20Zr. The van der Waals surface area contributed by atoms with Crippen molar-refractivity contribution in [2.45, 2.75) is 48.0 Å². The van der Waals surface area contributed by atoms with Crippen LogP contribution in [0.5, 0.6) is 0 Å². The van der Waals surface area contributed by atoms with Crippen molar-refractivity contribution in [2.75, 3.05) is 0 Å². The van der Waals surface area contributed by atoms with Crippen LogP contribution in [0.25, 0.3) is 5.57 Å². The van der Waals surface area contributed by atoms with Crippen molar-refractivity contribution in [1.82, 2.24) is 0 Å². The third-order valence-electron chi connectivity index (χ3n) is 4.27. The summed E-state index contributed by atoms with van der Waals surface area (Å²) in [6, 6.07) is 0. The predicted molar refractivity (Wildman–Crippen MR) is 67.4 cm³/mol. The van der Waals surface area contributed by atoms with Crippen LogP contribution < -0.4 is 0 Å². The largest absolute Gasteiger partial charge is 0.0654 e. The molecule has 1 aromatic rings. The standard InChI is InChI=1S/C15H20.Zr/c1-8-7-14-12(5)10(3)11(4)13(6)15(14)9(8)2;/h7H2,1-6H3;. The van der Waals surface area contributed by atoms with Crippen LogP contribution in [0.1, 0.15) is 47.2 Å². The molecule has 2 rings (SSSR count). The van der Waals surface area contributed by atoms with Gasteiger partial charge in [-0.15, -0.1) is 0 Å². The second-order valence-corrected chi connectivity index (χ2v) is 4.94. The van der Waals surface area contributed by atoms with E-state index < -0.39 is 0 Å². The van der Waals surface area contributed by atoms with E-state index in [9.17, 15) is 0 Å². The molecule has 0 heterocycles. The van der Waals surface area contributed by atoms with E-state index in [-0.39, 0.29) is 26.2 Å². The minimum Gasteiger partial charge on any atom is -0.0654 e. The second kappa shape index (κ2) is 4.61. The minimum atomic E-state index is 0. The summed E-state index contributed by atoms with van der Waals surface area (Å²) in [6.45, 7) is 13.6. The molecule has 1 aliphatic carbocycles. The molecule has 0 spiro atoms. The van der Waals surface area contributed by atoms with Gasteiger partial charge in [-0.05, 0) is 86.9 Å². The zero-order chi connectivity index (χ0) is 11.3. The molecule has 1 heteroatoms. The minimum absolute atomic E-state index is 0. The van der Waals surface area contributed by atoms with Crippen LogP contribution in [-0.4, -0.2) is 0 Å². The van der Waals surface area contributed by atoms with Gasteiger partial charge in [0.2, 0.25) is 0 Å². The van der Waals surface area contributed by atoms with Crippen molar-refractivity contribution in [1.29, 1.82) is 0 Å². The molecule has 0 nitrogen and oxygen atoms in total. The molecule has 0 radical (unpaired) electrons. The first kappa shape index (κ1) is 13.9. The molecule has 0 atom stereocenters. The Balaban J connectivity index is 0.00000128. The van der Waals surface area contributed by atoms with Crippen molar-refractivity contribution in [3.8, 4) is 0 Å². The van der Waals surface area contributed by atoms with Gasteiger partial charge in [-0.3, -0.25) is 0 Å². The molecule has 0 amide bonds. The third kappa shape index (κ3) is 1.78. The van der Waals surface area contributed by atoms with Gasteiger partial charge in [0.05, 0.1) is 0 Å². The van der Waals surface area contributed by atoms with Crippen LogP contribution in [0.4, 0.5) is 0 Å². The average molecular weight is 292 g/mol. The summed E-state index contributed by atoms with van der Waals surface area (Å²) in [6.07, 6.45) is 1.16. The Labute approximate surface area is 118 Å². The van der Waals surface area contributed by atoms with Gasteiger partial charge in [-0.2, -0.15) is 0 Å². The van der Waals surface area contributed by atoms with Gasteiger partial charge >= 0.3 is 0 Å². The quantitative estimate of drug-likeness (QED) is 0.670. The number of hydrogen-bond donors (Lipinski definition) is 0. The Hall–Kier alpha value is -0.157. The predicted octanol–water partition coefficient (Wildman–Crippen LogP) is 4.27. The van der Waals surface area contributed by atoms with E-state index >= 15 is 0 Å². The maximum absolute atomic E-state index is 2.27. The van der Waals surface area contributed by atoms with Crippen LogP contribution >= 0.6 is 0 Å². The molecule has 1 aromatic carbocycles. The summed E-state index contributed by atoms with van der Waals surface area (Å²) >= 11 is 0. The van der Waals surface area contributed by atoms with E-state index in [2.05, 4.69) is 41.5 Å². The molecular weight excluding hydrogens is 271 g/mol. The normalized spacial score (nSPS) is 13.9. The van der Waals surface area contributed by atoms with Crippen LogP contribution in [0.2, 0.25) is 0 Å². The van der Waals surface area contributed by atoms with Crippen molar-refractivity contribution >= 4 is 5.57 Å². The number of allylic oxidation sites excluding steroid dienone is 2. The van der Waals surface area contributed by atoms with E-state index in [0.29, 0.717) is 0 Å². The van der Waals surface area contributed by atoms with Gasteiger partial charge < -0.3 is 0 Å². The molecule has 16 heavy (non-hydrogen) atoms. The molecule has 1 aliphatic rings. The first-order valence-corrected chi connectivity index (χ1v) is 5.71. The number of rotatable bonds is 0. The van der Waals surface area contributed by atoms with Gasteiger partial charge in [-0.25, -0.2) is 0 Å². The molecule has 0 unspecified atom stereocenters. The zero-order valence-electron chi connectivity index (χ0n) is 11.2. The maximum atomic E-state index is 2.27. The molecule has 0 aliphatic heterocycles. The van der Waals surface area contributed by atoms with Crippen molar-refractivity contribution in [3.05, 3.63) is 39.0 Å². The van der Waals surface area contributed by atoms with Crippen molar-refractivity contribution < 1.29 is 26.2 Å². The molecule has 0 aromatic heterocycles. The smallest absolute Gasteiger partial charge is 0 e. The summed E-state index contributed by atoms with van der Waals surface area (Å²) in [5.41, 5.74) is 12.1. The van der Waals surface area contributed by atoms with Gasteiger partial charge in [0.15, 0.2) is 0 Å². The fourth-order valence-corrected chi connectivity index (χ4v) is 2.73. The van der Waals surface area contributed by atoms with Crippen LogP contribution in [0.15, 0.2) is 5.57 Å². The Kier molecular flexibility index (Phi) is 4.01. The third-order valence-corrected chi connectivity index (χ3v) is 4.27. The monoisotopic (exact) mass is 290 g/mol. The Bertz CT molecular complexity index is 479. The van der Waals surface area contributed by atoms with E-state index in [1.165, 1.54) is 33.4 Å². The molecule has 0 saturated carbocycles. The van der Waals surface area contributed by atoms with E-state index in [1.54, 1.807) is 11.1 Å². The Morgan fingerprint density at radius 2 is 1.19 bits per heavy atom. The summed E-state index contributed by atoms with van der Waals surface area (Å²) in [7, 11) is 0. The fraction of sp³-hybridized carbons (Fsp3) is 0.467. The Morgan fingerprint density at radius 1 is 0.688 bits per heavy atom. The number of fused-ring (bicyclic) bond motifs is 1. The van der Waals surface area contributed by atoms with Gasteiger partial charge in [0.25, 0.3) is 0 Å². The summed E-state index contributed by atoms with van der Waals surface area (Å²) in [5, 5.41) is 0. The number of hydrogen-bond acceptors (Lipinski definition) is 0. The molecule has 0 saturated heterocycles. The van der Waals surface area contributed by atoms with Crippen LogP contribution in [0, 0.1) is 27.7 Å². The topological polar surface area (TPSA) is 0 Å². The van der Waals surface area contributed by atoms with E-state index in [1.807, 2.05) is 0 Å². The second-order valence-electron chi connectivity index (χ2n) is 4.94. The van der Waals surface area contributed by atoms with Gasteiger partial charge in [0, 0.05) is 26.2 Å². The number of benzene rings is 1.